The summed E-state index contributed by atoms with van der Waals surface area (Å²) in [7, 11) is 0. The van der Waals surface area contributed by atoms with Crippen LogP contribution in [-0.2, 0) is 11.3 Å². The van der Waals surface area contributed by atoms with Gasteiger partial charge in [0, 0.05) is 12.2 Å². The fourth-order valence-corrected chi connectivity index (χ4v) is 1.78. The van der Waals surface area contributed by atoms with E-state index in [1.54, 1.807) is 12.1 Å². The minimum Gasteiger partial charge on any atom is -0.387 e. The van der Waals surface area contributed by atoms with Gasteiger partial charge in [0.2, 0.25) is 0 Å². The van der Waals surface area contributed by atoms with Crippen LogP contribution in [0.5, 0.6) is 0 Å². The smallest absolute Gasteiger partial charge is 0.123 e. The van der Waals surface area contributed by atoms with Crippen molar-refractivity contribution >= 4 is 0 Å². The lowest BCUT2D eigenvalue weighted by atomic mass is 10.2. The molecule has 0 amide bonds. The van der Waals surface area contributed by atoms with Gasteiger partial charge in [-0.1, -0.05) is 31.2 Å². The average Bonchev–Trinajstić information content (AvgIpc) is 2.45. The third-order valence-corrected chi connectivity index (χ3v) is 2.92. The molecule has 20 heavy (non-hydrogen) atoms. The minimum atomic E-state index is -0.226. The van der Waals surface area contributed by atoms with Crippen molar-refractivity contribution in [1.82, 2.24) is 5.32 Å². The maximum Gasteiger partial charge on any atom is 0.123 e. The highest BCUT2D eigenvalue weighted by atomic mass is 19.1. The summed E-state index contributed by atoms with van der Waals surface area (Å²) in [6.45, 7) is 9.50. The van der Waals surface area contributed by atoms with E-state index in [0.29, 0.717) is 13.2 Å². The summed E-state index contributed by atoms with van der Waals surface area (Å²) in [5.41, 5.74) is 1.85. The molecule has 2 nitrogen and oxygen atoms in total. The van der Waals surface area contributed by atoms with E-state index < -0.39 is 0 Å². The molecule has 3 heteroatoms. The molecule has 1 rings (SSSR count). The van der Waals surface area contributed by atoms with Crippen LogP contribution in [0.15, 0.2) is 49.2 Å². The van der Waals surface area contributed by atoms with Gasteiger partial charge in [0.15, 0.2) is 0 Å². The summed E-state index contributed by atoms with van der Waals surface area (Å²) in [5.74, 6) is -0.226. The molecule has 0 aliphatic heterocycles. The van der Waals surface area contributed by atoms with Gasteiger partial charge in [-0.25, -0.2) is 4.39 Å². The van der Waals surface area contributed by atoms with Crippen molar-refractivity contribution in [3.05, 3.63) is 60.6 Å². The van der Waals surface area contributed by atoms with Crippen molar-refractivity contribution in [2.75, 3.05) is 13.2 Å². The van der Waals surface area contributed by atoms with E-state index in [-0.39, 0.29) is 5.82 Å². The Morgan fingerprint density at radius 3 is 2.65 bits per heavy atom. The lowest BCUT2D eigenvalue weighted by Crippen LogP contribution is -2.17. The Hall–Kier alpha value is -1.61. The minimum absolute atomic E-state index is 0.226. The Kier molecular flexibility index (Phi) is 8.40. The lowest BCUT2D eigenvalue weighted by Gasteiger charge is -2.10. The van der Waals surface area contributed by atoms with Gasteiger partial charge in [-0.15, -0.1) is 6.58 Å². The first-order chi connectivity index (χ1) is 9.72. The Labute approximate surface area is 121 Å². The van der Waals surface area contributed by atoms with Crippen molar-refractivity contribution < 1.29 is 9.13 Å². The van der Waals surface area contributed by atoms with Crippen molar-refractivity contribution in [2.24, 2.45) is 0 Å². The number of halogens is 1. The second-order valence-electron chi connectivity index (χ2n) is 4.79. The highest BCUT2D eigenvalue weighted by Crippen LogP contribution is 2.05. The number of allylic oxidation sites excluding steroid dienone is 1. The molecule has 0 aromatic heterocycles. The van der Waals surface area contributed by atoms with E-state index in [2.05, 4.69) is 18.5 Å². The van der Waals surface area contributed by atoms with Gasteiger partial charge >= 0.3 is 0 Å². The summed E-state index contributed by atoms with van der Waals surface area (Å²) in [6, 6.07) is 6.33. The molecular formula is C17H24FNO. The third kappa shape index (κ3) is 7.74. The topological polar surface area (TPSA) is 21.3 Å². The van der Waals surface area contributed by atoms with Crippen molar-refractivity contribution in [3.8, 4) is 0 Å². The molecule has 0 atom stereocenters. The standard InChI is InChI=1S/C17H24FNO/c1-3-4-5-6-7-12-19-15(2)13-20-14-16-8-10-17(18)11-9-16/h3,8-11,19H,1-2,4-7,12-14H2. The normalized spacial score (nSPS) is 10.2. The number of nitrogens with one attached hydrogen (secondary N) is 1. The van der Waals surface area contributed by atoms with Gasteiger partial charge in [-0.2, -0.15) is 0 Å². The zero-order valence-electron chi connectivity index (χ0n) is 12.0. The molecule has 0 heterocycles. The van der Waals surface area contributed by atoms with Crippen LogP contribution in [0.4, 0.5) is 4.39 Å². The summed E-state index contributed by atoms with van der Waals surface area (Å²) in [6.07, 6.45) is 6.56. The van der Waals surface area contributed by atoms with E-state index in [4.69, 9.17) is 4.74 Å². The molecule has 1 N–H and O–H groups in total. The summed E-state index contributed by atoms with van der Waals surface area (Å²) in [4.78, 5) is 0. The van der Waals surface area contributed by atoms with Gasteiger partial charge in [-0.05, 0) is 37.0 Å². The quantitative estimate of drug-likeness (QED) is 0.483. The van der Waals surface area contributed by atoms with E-state index in [1.165, 1.54) is 25.0 Å². The van der Waals surface area contributed by atoms with Crippen LogP contribution in [0, 0.1) is 5.82 Å². The van der Waals surface area contributed by atoms with E-state index in [0.717, 1.165) is 30.6 Å². The fraction of sp³-hybridized carbons (Fsp3) is 0.412. The number of benzene rings is 1. The summed E-state index contributed by atoms with van der Waals surface area (Å²) >= 11 is 0. The van der Waals surface area contributed by atoms with Gasteiger partial charge in [0.25, 0.3) is 0 Å². The van der Waals surface area contributed by atoms with Crippen molar-refractivity contribution in [1.29, 1.82) is 0 Å². The van der Waals surface area contributed by atoms with Crippen LogP contribution in [-0.4, -0.2) is 13.2 Å². The summed E-state index contributed by atoms with van der Waals surface area (Å²) in [5, 5.41) is 3.25. The highest BCUT2D eigenvalue weighted by Gasteiger charge is 1.97. The fourth-order valence-electron chi connectivity index (χ4n) is 1.78. The molecule has 0 aliphatic rings. The molecule has 0 unspecified atom stereocenters. The number of ether oxygens (including phenoxy) is 1. The van der Waals surface area contributed by atoms with Crippen LogP contribution >= 0.6 is 0 Å². The van der Waals surface area contributed by atoms with Crippen molar-refractivity contribution in [3.63, 3.8) is 0 Å². The first kappa shape index (κ1) is 16.4. The third-order valence-electron chi connectivity index (χ3n) is 2.92. The molecule has 0 aliphatic carbocycles. The van der Waals surface area contributed by atoms with Crippen LogP contribution in [0.25, 0.3) is 0 Å². The average molecular weight is 277 g/mol. The van der Waals surface area contributed by atoms with Crippen LogP contribution in [0.2, 0.25) is 0 Å². The molecule has 110 valence electrons. The second-order valence-corrected chi connectivity index (χ2v) is 4.79. The highest BCUT2D eigenvalue weighted by molar-refractivity contribution is 5.15. The Morgan fingerprint density at radius 1 is 1.20 bits per heavy atom. The number of rotatable bonds is 11. The monoisotopic (exact) mass is 277 g/mol. The Balaban J connectivity index is 2.02. The zero-order chi connectivity index (χ0) is 14.6. The van der Waals surface area contributed by atoms with Gasteiger partial charge < -0.3 is 10.1 Å². The molecule has 0 fully saturated rings. The first-order valence-corrected chi connectivity index (χ1v) is 7.07. The lowest BCUT2D eigenvalue weighted by molar-refractivity contribution is 0.139. The molecule has 0 spiro atoms. The maximum absolute atomic E-state index is 12.7. The van der Waals surface area contributed by atoms with Crippen LogP contribution < -0.4 is 5.32 Å². The van der Waals surface area contributed by atoms with E-state index >= 15 is 0 Å². The van der Waals surface area contributed by atoms with Gasteiger partial charge in [0.1, 0.15) is 5.82 Å². The zero-order valence-corrected chi connectivity index (χ0v) is 12.0. The first-order valence-electron chi connectivity index (χ1n) is 7.07. The van der Waals surface area contributed by atoms with Crippen LogP contribution in [0.3, 0.4) is 0 Å². The molecule has 0 saturated heterocycles. The van der Waals surface area contributed by atoms with Crippen molar-refractivity contribution in [2.45, 2.75) is 32.3 Å². The van der Waals surface area contributed by atoms with Gasteiger partial charge in [0.05, 0.1) is 13.2 Å². The molecule has 0 bridgehead atoms. The number of hydrogen-bond acceptors (Lipinski definition) is 2. The molecule has 1 aromatic carbocycles. The SMILES string of the molecule is C=CCCCCCNC(=C)COCc1ccc(F)cc1. The predicted octanol–water partition coefficient (Wildman–Crippen LogP) is 4.19. The molecular weight excluding hydrogens is 253 g/mol. The van der Waals surface area contributed by atoms with Crippen LogP contribution in [0.1, 0.15) is 31.2 Å². The molecule has 1 aromatic rings. The summed E-state index contributed by atoms with van der Waals surface area (Å²) < 4.78 is 18.2. The Morgan fingerprint density at radius 2 is 1.95 bits per heavy atom. The number of hydrogen-bond donors (Lipinski definition) is 1. The maximum atomic E-state index is 12.7. The van der Waals surface area contributed by atoms with Gasteiger partial charge in [-0.3, -0.25) is 0 Å². The van der Waals surface area contributed by atoms with E-state index in [1.807, 2.05) is 6.08 Å². The second kappa shape index (κ2) is 10.2. The molecule has 0 saturated carbocycles. The predicted molar refractivity (Wildman–Crippen MR) is 81.9 cm³/mol. The number of unbranched alkanes of at least 4 members (excludes halogenated alkanes) is 3. The Bertz CT molecular complexity index is 400. The molecule has 0 radical (unpaired) electrons. The largest absolute Gasteiger partial charge is 0.387 e. The van der Waals surface area contributed by atoms with E-state index in [9.17, 15) is 4.39 Å².